The van der Waals surface area contributed by atoms with Crippen LogP contribution in [0.25, 0.3) is 17.1 Å². The van der Waals surface area contributed by atoms with Crippen molar-refractivity contribution in [2.24, 2.45) is 5.73 Å². The van der Waals surface area contributed by atoms with Crippen LogP contribution in [0.3, 0.4) is 0 Å². The number of hydrogen-bond donors (Lipinski definition) is 1. The molecule has 0 atom stereocenters. The first-order chi connectivity index (χ1) is 9.26. The summed E-state index contributed by atoms with van der Waals surface area (Å²) >= 11 is 0. The highest BCUT2D eigenvalue weighted by Crippen LogP contribution is 2.37. The van der Waals surface area contributed by atoms with Crippen molar-refractivity contribution in [1.29, 1.82) is 0 Å². The van der Waals surface area contributed by atoms with Gasteiger partial charge in [0.2, 0.25) is 0 Å². The molecule has 3 heterocycles. The monoisotopic (exact) mass is 256 g/mol. The maximum absolute atomic E-state index is 6.18. The van der Waals surface area contributed by atoms with Crippen LogP contribution in [-0.4, -0.2) is 25.0 Å². The first-order valence-electron chi connectivity index (χ1n) is 6.20. The van der Waals surface area contributed by atoms with Crippen LogP contribution in [0.2, 0.25) is 0 Å². The predicted octanol–water partition coefficient (Wildman–Crippen LogP) is 1.12. The molecule has 4 rings (SSSR count). The van der Waals surface area contributed by atoms with E-state index in [4.69, 9.17) is 10.3 Å². The Hall–Kier alpha value is -2.28. The Labute approximate surface area is 108 Å². The number of nitrogens with zero attached hydrogens (tertiary/aromatic N) is 5. The molecule has 0 aliphatic heterocycles. The first-order valence-corrected chi connectivity index (χ1v) is 6.20. The van der Waals surface area contributed by atoms with Gasteiger partial charge in [0.1, 0.15) is 0 Å². The number of aromatic nitrogens is 5. The van der Waals surface area contributed by atoms with Crippen molar-refractivity contribution in [2.75, 3.05) is 0 Å². The van der Waals surface area contributed by atoms with Crippen LogP contribution in [0.4, 0.5) is 0 Å². The molecular weight excluding hydrogens is 244 g/mol. The van der Waals surface area contributed by atoms with Crippen molar-refractivity contribution in [3.63, 3.8) is 0 Å². The van der Waals surface area contributed by atoms with Crippen molar-refractivity contribution in [1.82, 2.24) is 25.0 Å². The van der Waals surface area contributed by atoms with Crippen LogP contribution in [0, 0.1) is 0 Å². The van der Waals surface area contributed by atoms with Crippen molar-refractivity contribution in [3.05, 3.63) is 30.2 Å². The molecule has 1 aliphatic carbocycles. The summed E-state index contributed by atoms with van der Waals surface area (Å²) in [5.74, 6) is 0.929. The fraction of sp³-hybridized carbons (Fsp3) is 0.333. The molecule has 2 N–H and O–H groups in total. The molecule has 19 heavy (non-hydrogen) atoms. The van der Waals surface area contributed by atoms with Crippen molar-refractivity contribution >= 4 is 5.52 Å². The van der Waals surface area contributed by atoms with E-state index in [0.717, 1.165) is 24.8 Å². The second-order valence-electron chi connectivity index (χ2n) is 4.90. The summed E-state index contributed by atoms with van der Waals surface area (Å²) in [6, 6.07) is 5.70. The lowest BCUT2D eigenvalue weighted by Gasteiger charge is -2.34. The molecule has 0 amide bonds. The van der Waals surface area contributed by atoms with E-state index < -0.39 is 5.54 Å². The van der Waals surface area contributed by atoms with Gasteiger partial charge in [0.05, 0.1) is 11.1 Å². The smallest absolute Gasteiger partial charge is 0.280 e. The molecule has 7 nitrogen and oxygen atoms in total. The highest BCUT2D eigenvalue weighted by molar-refractivity contribution is 5.70. The fourth-order valence-corrected chi connectivity index (χ4v) is 2.30. The molecular formula is C12H12N6O. The van der Waals surface area contributed by atoms with Crippen LogP contribution < -0.4 is 5.73 Å². The van der Waals surface area contributed by atoms with Gasteiger partial charge in [0.15, 0.2) is 11.5 Å². The molecule has 0 spiro atoms. The van der Waals surface area contributed by atoms with E-state index in [1.54, 1.807) is 4.52 Å². The topological polar surface area (TPSA) is 95.1 Å². The molecule has 96 valence electrons. The molecule has 3 aromatic heterocycles. The second kappa shape index (κ2) is 3.61. The maximum atomic E-state index is 6.18. The van der Waals surface area contributed by atoms with E-state index in [-0.39, 0.29) is 0 Å². The minimum absolute atomic E-state index is 0.368. The number of hydrogen-bond acceptors (Lipinski definition) is 6. The van der Waals surface area contributed by atoms with Crippen molar-refractivity contribution in [2.45, 2.75) is 24.8 Å². The van der Waals surface area contributed by atoms with E-state index >= 15 is 0 Å². The SMILES string of the molecule is NC1(c2noc(-c3nnn4ccccc34)n2)CCC1. The van der Waals surface area contributed by atoms with E-state index in [0.29, 0.717) is 17.4 Å². The number of fused-ring (bicyclic) bond motifs is 1. The van der Waals surface area contributed by atoms with Gasteiger partial charge in [-0.1, -0.05) is 16.4 Å². The zero-order valence-electron chi connectivity index (χ0n) is 10.2. The summed E-state index contributed by atoms with van der Waals surface area (Å²) in [6.45, 7) is 0. The zero-order chi connectivity index (χ0) is 12.9. The minimum atomic E-state index is -0.426. The summed E-state index contributed by atoms with van der Waals surface area (Å²) < 4.78 is 6.95. The first kappa shape index (κ1) is 10.6. The number of rotatable bonds is 2. The molecule has 0 saturated heterocycles. The molecule has 1 aliphatic rings. The largest absolute Gasteiger partial charge is 0.332 e. The Morgan fingerprint density at radius 2 is 2.21 bits per heavy atom. The molecule has 0 bridgehead atoms. The average molecular weight is 256 g/mol. The van der Waals surface area contributed by atoms with Crippen LogP contribution in [0.15, 0.2) is 28.9 Å². The van der Waals surface area contributed by atoms with Gasteiger partial charge in [-0.25, -0.2) is 4.52 Å². The molecule has 1 fully saturated rings. The lowest BCUT2D eigenvalue weighted by molar-refractivity contribution is 0.229. The highest BCUT2D eigenvalue weighted by Gasteiger charge is 2.39. The molecule has 3 aromatic rings. The third-order valence-corrected chi connectivity index (χ3v) is 3.64. The van der Waals surface area contributed by atoms with Gasteiger partial charge < -0.3 is 10.3 Å². The molecule has 0 aromatic carbocycles. The quantitative estimate of drug-likeness (QED) is 0.738. The molecule has 7 heteroatoms. The second-order valence-corrected chi connectivity index (χ2v) is 4.90. The summed E-state index contributed by atoms with van der Waals surface area (Å²) in [6.07, 6.45) is 4.72. The van der Waals surface area contributed by atoms with Gasteiger partial charge in [-0.05, 0) is 31.4 Å². The minimum Gasteiger partial charge on any atom is -0.332 e. The van der Waals surface area contributed by atoms with Crippen molar-refractivity contribution in [3.8, 4) is 11.6 Å². The predicted molar refractivity (Wildman–Crippen MR) is 66.0 cm³/mol. The van der Waals surface area contributed by atoms with Gasteiger partial charge in [-0.3, -0.25) is 0 Å². The Kier molecular flexibility index (Phi) is 2.02. The van der Waals surface area contributed by atoms with Crippen molar-refractivity contribution < 1.29 is 4.52 Å². The summed E-state index contributed by atoms with van der Waals surface area (Å²) in [5.41, 5.74) is 7.17. The molecule has 0 radical (unpaired) electrons. The van der Waals surface area contributed by atoms with Gasteiger partial charge in [-0.2, -0.15) is 4.98 Å². The summed E-state index contributed by atoms with van der Waals surface area (Å²) in [7, 11) is 0. The Bertz CT molecular complexity index is 741. The van der Waals surface area contributed by atoms with Gasteiger partial charge in [-0.15, -0.1) is 5.10 Å². The zero-order valence-corrected chi connectivity index (χ0v) is 10.2. The van der Waals surface area contributed by atoms with Gasteiger partial charge in [0.25, 0.3) is 5.89 Å². The Morgan fingerprint density at radius 3 is 3.00 bits per heavy atom. The third kappa shape index (κ3) is 1.48. The van der Waals surface area contributed by atoms with E-state index in [1.807, 2.05) is 24.4 Å². The number of pyridine rings is 1. The Morgan fingerprint density at radius 1 is 1.32 bits per heavy atom. The Balaban J connectivity index is 1.80. The van der Waals surface area contributed by atoms with Crippen LogP contribution in [0.1, 0.15) is 25.1 Å². The maximum Gasteiger partial charge on any atom is 0.280 e. The lowest BCUT2D eigenvalue weighted by atomic mass is 9.77. The average Bonchev–Trinajstić information content (AvgIpc) is 3.02. The van der Waals surface area contributed by atoms with Gasteiger partial charge >= 0.3 is 0 Å². The molecule has 0 unspecified atom stereocenters. The third-order valence-electron chi connectivity index (χ3n) is 3.64. The van der Waals surface area contributed by atoms with Crippen LogP contribution >= 0.6 is 0 Å². The molecule has 1 saturated carbocycles. The van der Waals surface area contributed by atoms with E-state index in [9.17, 15) is 0 Å². The number of nitrogens with two attached hydrogens (primary N) is 1. The normalized spacial score (nSPS) is 17.5. The highest BCUT2D eigenvalue weighted by atomic mass is 16.5. The summed E-state index contributed by atoms with van der Waals surface area (Å²) in [4.78, 5) is 4.38. The fourth-order valence-electron chi connectivity index (χ4n) is 2.30. The van der Waals surface area contributed by atoms with Gasteiger partial charge in [0, 0.05) is 6.20 Å². The summed E-state index contributed by atoms with van der Waals surface area (Å²) in [5, 5.41) is 12.1. The van der Waals surface area contributed by atoms with Crippen LogP contribution in [0.5, 0.6) is 0 Å². The van der Waals surface area contributed by atoms with E-state index in [2.05, 4.69) is 20.5 Å². The lowest BCUT2D eigenvalue weighted by Crippen LogP contribution is -2.44. The standard InChI is InChI=1S/C12H12N6O/c13-12(5-3-6-12)11-14-10(19-16-11)9-8-4-1-2-7-18(8)17-15-9/h1-2,4,7H,3,5-6,13H2. The van der Waals surface area contributed by atoms with Crippen LogP contribution in [-0.2, 0) is 5.54 Å². The van der Waals surface area contributed by atoms with E-state index in [1.165, 1.54) is 0 Å².